The van der Waals surface area contributed by atoms with Crippen LogP contribution in [0.2, 0.25) is 0 Å². The molecule has 5 heteroatoms. The van der Waals surface area contributed by atoms with Crippen LogP contribution in [0.1, 0.15) is 16.7 Å². The minimum Gasteiger partial charge on any atom is -0.307 e. The smallest absolute Gasteiger partial charge is 0.104 e. The molecular formula is C93H61N5. The predicted octanol–water partition coefficient (Wildman–Crippen LogP) is 24.6. The van der Waals surface area contributed by atoms with Gasteiger partial charge < -0.3 is 18.3 Å². The molecule has 15 aromatic carbocycles. The molecule has 0 aliphatic carbocycles. The van der Waals surface area contributed by atoms with Gasteiger partial charge in [-0.2, -0.15) is 5.26 Å². The first-order valence-electron chi connectivity index (χ1n) is 33.6. The summed E-state index contributed by atoms with van der Waals surface area (Å²) in [6.45, 7) is 4.36. The van der Waals surface area contributed by atoms with E-state index in [1.807, 2.05) is 0 Å². The van der Waals surface area contributed by atoms with Crippen LogP contribution < -0.4 is 0 Å². The number of benzene rings is 15. The molecule has 5 nitrogen and oxygen atoms in total. The highest BCUT2D eigenvalue weighted by Crippen LogP contribution is 2.52. The summed E-state index contributed by atoms with van der Waals surface area (Å²) in [4.78, 5) is 0. The molecule has 0 saturated heterocycles. The molecule has 0 aliphatic rings. The van der Waals surface area contributed by atoms with Crippen molar-refractivity contribution in [2.75, 3.05) is 0 Å². The highest BCUT2D eigenvalue weighted by atomic mass is 15.1. The number of hydrogen-bond donors (Lipinski definition) is 0. The first-order chi connectivity index (χ1) is 48.4. The fourth-order valence-electron chi connectivity index (χ4n) is 15.7. The van der Waals surface area contributed by atoms with Crippen LogP contribution >= 0.6 is 0 Å². The molecular weight excluding hydrogens is 1190 g/mol. The van der Waals surface area contributed by atoms with Crippen molar-refractivity contribution in [2.24, 2.45) is 0 Å². The van der Waals surface area contributed by atoms with E-state index in [1.165, 1.54) is 0 Å². The second kappa shape index (κ2) is 22.6. The summed E-state index contributed by atoms with van der Waals surface area (Å²) >= 11 is 0. The van der Waals surface area contributed by atoms with Crippen molar-refractivity contribution in [3.05, 3.63) is 350 Å². The van der Waals surface area contributed by atoms with Crippen LogP contribution in [0.15, 0.2) is 334 Å². The van der Waals surface area contributed by atoms with E-state index in [0.29, 0.717) is 5.56 Å². The Morgan fingerprint density at radius 1 is 0.224 bits per heavy atom. The number of rotatable bonds is 10. The minimum atomic E-state index is 0.522. The van der Waals surface area contributed by atoms with Crippen LogP contribution in [0.3, 0.4) is 0 Å². The van der Waals surface area contributed by atoms with E-state index in [2.05, 4.69) is 372 Å². The molecule has 0 atom stereocenters. The van der Waals surface area contributed by atoms with Crippen molar-refractivity contribution in [1.29, 1.82) is 5.26 Å². The molecule has 0 bridgehead atoms. The third kappa shape index (κ3) is 8.93. The zero-order valence-electron chi connectivity index (χ0n) is 54.0. The summed E-state index contributed by atoms with van der Waals surface area (Å²) in [5.41, 5.74) is 27.6. The molecule has 0 saturated carbocycles. The Kier molecular flexibility index (Phi) is 13.0. The quantitative estimate of drug-likeness (QED) is 0.135. The number of fused-ring (bicyclic) bond motifs is 12. The van der Waals surface area contributed by atoms with Gasteiger partial charge in [0.25, 0.3) is 0 Å². The topological polar surface area (TPSA) is 43.5 Å². The van der Waals surface area contributed by atoms with Crippen LogP contribution in [-0.4, -0.2) is 18.3 Å². The molecule has 0 radical (unpaired) electrons. The van der Waals surface area contributed by atoms with Crippen LogP contribution in [0.25, 0.3) is 177 Å². The molecule has 0 spiro atoms. The van der Waals surface area contributed by atoms with E-state index in [0.717, 1.165) is 188 Å². The first kappa shape index (κ1) is 56.5. The Bertz CT molecular complexity index is 6160. The van der Waals surface area contributed by atoms with Gasteiger partial charge in [-0.15, -0.1) is 0 Å². The van der Waals surface area contributed by atoms with Crippen LogP contribution in [-0.2, 0) is 0 Å². The second-order valence-electron chi connectivity index (χ2n) is 26.0. The Hall–Kier alpha value is -13.0. The third-order valence-electron chi connectivity index (χ3n) is 20.3. The van der Waals surface area contributed by atoms with Crippen molar-refractivity contribution in [3.63, 3.8) is 0 Å². The molecule has 0 unspecified atom stereocenters. The molecule has 458 valence electrons. The molecule has 0 aliphatic heterocycles. The lowest BCUT2D eigenvalue weighted by Crippen LogP contribution is -2.12. The van der Waals surface area contributed by atoms with Crippen molar-refractivity contribution < 1.29 is 0 Å². The molecule has 98 heavy (non-hydrogen) atoms. The zero-order valence-corrected chi connectivity index (χ0v) is 54.0. The van der Waals surface area contributed by atoms with E-state index < -0.39 is 0 Å². The van der Waals surface area contributed by atoms with Crippen LogP contribution in [0, 0.1) is 25.2 Å². The molecule has 0 amide bonds. The lowest BCUT2D eigenvalue weighted by Gasteiger charge is -2.24. The normalized spacial score (nSPS) is 11.8. The van der Waals surface area contributed by atoms with Crippen molar-refractivity contribution in [3.8, 4) is 95.6 Å². The largest absolute Gasteiger partial charge is 0.307 e. The molecule has 4 heterocycles. The van der Waals surface area contributed by atoms with Crippen molar-refractivity contribution in [2.45, 2.75) is 13.8 Å². The first-order valence-corrected chi connectivity index (χ1v) is 33.6. The molecule has 19 rings (SSSR count). The SMILES string of the molecule is Cc1ccc(-n2c3ccc(C)cc3c3c(-n4c5ccc(-c6ccccc6)cc5c5cc(-c6ccccc6)ccc54)c(-n4c5ccc(-c6ccccc6)cc5c5cc(-c6ccccc6)ccc54)c(C#N)c(-n4c5ccc(-c6ccccc6)cc5c5cc(-c6ccccc6)ccc54)c32)cc1. The molecule has 4 aromatic heterocycles. The van der Waals surface area contributed by atoms with E-state index >= 15 is 0 Å². The van der Waals surface area contributed by atoms with E-state index in [9.17, 15) is 5.26 Å². The number of nitrogens with zero attached hydrogens (tertiary/aromatic N) is 5. The molecule has 0 N–H and O–H groups in total. The Balaban J connectivity index is 1.07. The highest BCUT2D eigenvalue weighted by molar-refractivity contribution is 6.24. The number of nitriles is 1. The molecule has 0 fully saturated rings. The van der Waals surface area contributed by atoms with E-state index in [1.54, 1.807) is 0 Å². The van der Waals surface area contributed by atoms with Gasteiger partial charge in [0.05, 0.1) is 61.2 Å². The third-order valence-corrected chi connectivity index (χ3v) is 20.3. The summed E-state index contributed by atoms with van der Waals surface area (Å²) < 4.78 is 9.88. The summed E-state index contributed by atoms with van der Waals surface area (Å²) in [6.07, 6.45) is 0. The maximum atomic E-state index is 13.4. The Labute approximate surface area is 567 Å². The van der Waals surface area contributed by atoms with Gasteiger partial charge in [-0.3, -0.25) is 0 Å². The fraction of sp³-hybridized carbons (Fsp3) is 0.0215. The standard InChI is InChI=1S/C93H61N5/c1-59-33-42-73(43-34-59)95-88-44-35-60(2)51-80(88)89-92(95)90(96-82-45-36-67(61-21-9-3-10-22-61)52-74(82)75-53-68(37-46-83(75)96)62-23-11-4-12-24-62)81(58-94)91(97-84-47-38-69(63-25-13-5-14-26-63)54-76(84)77-55-70(39-48-85(77)97)64-27-15-6-16-28-64)93(89)98-86-49-40-71(65-29-17-7-18-30-65)56-78(86)79-57-72(41-50-87(79)98)66-31-19-8-20-32-66/h3-57H,1-2H3. The monoisotopic (exact) mass is 1250 g/mol. The van der Waals surface area contributed by atoms with Gasteiger partial charge >= 0.3 is 0 Å². The zero-order chi connectivity index (χ0) is 65.1. The van der Waals surface area contributed by atoms with Crippen LogP contribution in [0.4, 0.5) is 0 Å². The Morgan fingerprint density at radius 3 is 0.796 bits per heavy atom. The summed E-state index contributed by atoms with van der Waals surface area (Å²) in [7, 11) is 0. The number of aromatic nitrogens is 4. The van der Waals surface area contributed by atoms with Gasteiger partial charge in [0.1, 0.15) is 11.6 Å². The average Bonchev–Trinajstić information content (AvgIpc) is 1.51. The summed E-state index contributed by atoms with van der Waals surface area (Å²) in [5.74, 6) is 0. The number of hydrogen-bond acceptors (Lipinski definition) is 1. The van der Waals surface area contributed by atoms with Gasteiger partial charge in [-0.05, 0) is 178 Å². The highest BCUT2D eigenvalue weighted by Gasteiger charge is 2.34. The van der Waals surface area contributed by atoms with Gasteiger partial charge in [0, 0.05) is 48.8 Å². The maximum Gasteiger partial charge on any atom is 0.104 e. The summed E-state index contributed by atoms with van der Waals surface area (Å²) in [5, 5.41) is 22.0. The van der Waals surface area contributed by atoms with E-state index in [-0.39, 0.29) is 0 Å². The van der Waals surface area contributed by atoms with Crippen molar-refractivity contribution >= 4 is 87.2 Å². The predicted molar refractivity (Wildman–Crippen MR) is 411 cm³/mol. The second-order valence-corrected chi connectivity index (χ2v) is 26.0. The average molecular weight is 1250 g/mol. The summed E-state index contributed by atoms with van der Waals surface area (Å²) in [6, 6.07) is 125. The fourth-order valence-corrected chi connectivity index (χ4v) is 15.7. The van der Waals surface area contributed by atoms with Crippen molar-refractivity contribution in [1.82, 2.24) is 18.3 Å². The maximum absolute atomic E-state index is 13.4. The minimum absolute atomic E-state index is 0.522. The van der Waals surface area contributed by atoms with E-state index in [4.69, 9.17) is 0 Å². The van der Waals surface area contributed by atoms with Gasteiger partial charge in [-0.25, -0.2) is 0 Å². The van der Waals surface area contributed by atoms with Gasteiger partial charge in [0.2, 0.25) is 0 Å². The lowest BCUT2D eigenvalue weighted by atomic mass is 9.99. The van der Waals surface area contributed by atoms with Crippen LogP contribution in [0.5, 0.6) is 0 Å². The van der Waals surface area contributed by atoms with Gasteiger partial charge in [-0.1, -0.05) is 248 Å². The number of aryl methyl sites for hydroxylation is 2. The molecule has 19 aromatic rings. The Morgan fingerprint density at radius 2 is 0.490 bits per heavy atom. The van der Waals surface area contributed by atoms with Gasteiger partial charge in [0.15, 0.2) is 0 Å². The lowest BCUT2D eigenvalue weighted by molar-refractivity contribution is 1.07.